The van der Waals surface area contributed by atoms with Gasteiger partial charge in [0.2, 0.25) is 0 Å². The lowest BCUT2D eigenvalue weighted by molar-refractivity contribution is 0.0816. The van der Waals surface area contributed by atoms with Crippen molar-refractivity contribution in [2.24, 2.45) is 0 Å². The van der Waals surface area contributed by atoms with Crippen LogP contribution in [0.3, 0.4) is 0 Å². The Hall–Kier alpha value is -0.0400. The van der Waals surface area contributed by atoms with Crippen molar-refractivity contribution in [2.45, 2.75) is 122 Å². The van der Waals surface area contributed by atoms with Crippen LogP contribution >= 0.6 is 0 Å². The van der Waals surface area contributed by atoms with Crippen LogP contribution < -0.4 is 0 Å². The van der Waals surface area contributed by atoms with Gasteiger partial charge >= 0.3 is 0 Å². The maximum atomic E-state index is 5.54. The molecule has 0 amide bonds. The summed E-state index contributed by atoms with van der Waals surface area (Å²) in [5, 5.41) is 0. The van der Waals surface area contributed by atoms with E-state index in [1.165, 1.54) is 103 Å². The van der Waals surface area contributed by atoms with Gasteiger partial charge in [-0.05, 0) is 19.8 Å². The standard InChI is InChI=1S/C22H44O/c1-4-6-7-8-9-10-11-12-13-14-15-16-17-18-19-20-21-23-22(3)5-2/h22H,2-21H2,1H3. The molecule has 0 spiro atoms. The molecule has 1 heteroatoms. The molecular formula is C22H44O. The average molecular weight is 325 g/mol. The van der Waals surface area contributed by atoms with Crippen molar-refractivity contribution in [3.63, 3.8) is 0 Å². The zero-order valence-corrected chi connectivity index (χ0v) is 16.1. The van der Waals surface area contributed by atoms with Crippen molar-refractivity contribution in [3.05, 3.63) is 13.8 Å². The number of rotatable bonds is 19. The summed E-state index contributed by atoms with van der Waals surface area (Å²) in [7, 11) is 0. The fraction of sp³-hybridized carbons (Fsp3) is 0.909. The molecule has 0 aromatic heterocycles. The Morgan fingerprint density at radius 2 is 0.957 bits per heavy atom. The monoisotopic (exact) mass is 324 g/mol. The predicted octanol–water partition coefficient (Wildman–Crippen LogP) is 7.69. The SMILES string of the molecule is [CH2]CC([CH2])OCCCCCCCCCCCCCCCCCC. The molecule has 1 atom stereocenters. The van der Waals surface area contributed by atoms with Gasteiger partial charge in [0.15, 0.2) is 0 Å². The second kappa shape index (κ2) is 20.0. The Kier molecular flexibility index (Phi) is 20.0. The minimum absolute atomic E-state index is 0.0892. The second-order valence-corrected chi connectivity index (χ2v) is 7.08. The lowest BCUT2D eigenvalue weighted by Gasteiger charge is -2.09. The molecule has 0 rings (SSSR count). The number of hydrogen-bond acceptors (Lipinski definition) is 1. The summed E-state index contributed by atoms with van der Waals surface area (Å²) in [4.78, 5) is 0. The van der Waals surface area contributed by atoms with Crippen LogP contribution in [-0.4, -0.2) is 12.7 Å². The molecule has 0 saturated heterocycles. The van der Waals surface area contributed by atoms with Crippen molar-refractivity contribution in [3.8, 4) is 0 Å². The van der Waals surface area contributed by atoms with E-state index in [-0.39, 0.29) is 6.10 Å². The Labute approximate surface area is 148 Å². The van der Waals surface area contributed by atoms with Crippen molar-refractivity contribution in [1.29, 1.82) is 0 Å². The minimum atomic E-state index is 0.0892. The van der Waals surface area contributed by atoms with Gasteiger partial charge < -0.3 is 4.74 Å². The Morgan fingerprint density at radius 1 is 0.609 bits per heavy atom. The van der Waals surface area contributed by atoms with Gasteiger partial charge in [0.1, 0.15) is 0 Å². The Morgan fingerprint density at radius 3 is 1.30 bits per heavy atom. The fourth-order valence-electron chi connectivity index (χ4n) is 2.98. The van der Waals surface area contributed by atoms with E-state index in [4.69, 9.17) is 4.74 Å². The van der Waals surface area contributed by atoms with Gasteiger partial charge in [-0.3, -0.25) is 0 Å². The number of ether oxygens (including phenoxy) is 1. The zero-order valence-electron chi connectivity index (χ0n) is 16.1. The summed E-state index contributed by atoms with van der Waals surface area (Å²) in [6.45, 7) is 10.8. The van der Waals surface area contributed by atoms with Crippen molar-refractivity contribution >= 4 is 0 Å². The summed E-state index contributed by atoms with van der Waals surface area (Å²) in [5.74, 6) is 0. The molecule has 0 aliphatic carbocycles. The highest BCUT2D eigenvalue weighted by Gasteiger charge is 1.98. The van der Waals surface area contributed by atoms with Crippen LogP contribution in [-0.2, 0) is 4.74 Å². The maximum absolute atomic E-state index is 5.54. The highest BCUT2D eigenvalue weighted by Crippen LogP contribution is 2.13. The van der Waals surface area contributed by atoms with E-state index in [1.54, 1.807) is 0 Å². The molecule has 1 unspecified atom stereocenters. The van der Waals surface area contributed by atoms with E-state index < -0.39 is 0 Å². The highest BCUT2D eigenvalue weighted by atomic mass is 16.5. The topological polar surface area (TPSA) is 9.23 Å². The molecule has 0 aliphatic heterocycles. The van der Waals surface area contributed by atoms with Gasteiger partial charge in [0.25, 0.3) is 0 Å². The normalized spacial score (nSPS) is 12.7. The molecular weight excluding hydrogens is 280 g/mol. The van der Waals surface area contributed by atoms with Gasteiger partial charge in [-0.2, -0.15) is 0 Å². The summed E-state index contributed by atoms with van der Waals surface area (Å²) in [5.41, 5.74) is 0. The zero-order chi connectivity index (χ0) is 17.0. The van der Waals surface area contributed by atoms with E-state index in [1.807, 2.05) is 0 Å². The van der Waals surface area contributed by atoms with E-state index >= 15 is 0 Å². The van der Waals surface area contributed by atoms with Crippen LogP contribution in [0.1, 0.15) is 116 Å². The molecule has 0 aromatic carbocycles. The minimum Gasteiger partial charge on any atom is -0.378 e. The van der Waals surface area contributed by atoms with Crippen LogP contribution in [0, 0.1) is 13.8 Å². The Balaban J connectivity index is 2.97. The first-order chi connectivity index (χ1) is 11.3. The fourth-order valence-corrected chi connectivity index (χ4v) is 2.98. The third kappa shape index (κ3) is 19.9. The summed E-state index contributed by atoms with van der Waals surface area (Å²) >= 11 is 0. The largest absolute Gasteiger partial charge is 0.378 e. The molecule has 0 saturated carbocycles. The van der Waals surface area contributed by atoms with Crippen LogP contribution in [0.15, 0.2) is 0 Å². The van der Waals surface area contributed by atoms with Crippen LogP contribution in [0.25, 0.3) is 0 Å². The summed E-state index contributed by atoms with van der Waals surface area (Å²) in [6, 6.07) is 0. The molecule has 2 radical (unpaired) electrons. The van der Waals surface area contributed by atoms with Crippen LogP contribution in [0.5, 0.6) is 0 Å². The lowest BCUT2D eigenvalue weighted by atomic mass is 10.0. The predicted molar refractivity (Wildman–Crippen MR) is 105 cm³/mol. The lowest BCUT2D eigenvalue weighted by Crippen LogP contribution is -2.07. The molecule has 0 fully saturated rings. The van der Waals surface area contributed by atoms with Gasteiger partial charge in [-0.1, -0.05) is 110 Å². The summed E-state index contributed by atoms with van der Waals surface area (Å²) < 4.78 is 5.54. The second-order valence-electron chi connectivity index (χ2n) is 7.08. The number of unbranched alkanes of at least 4 members (excludes halogenated alkanes) is 15. The van der Waals surface area contributed by atoms with Crippen LogP contribution in [0.4, 0.5) is 0 Å². The molecule has 0 N–H and O–H groups in total. The first-order valence-electron chi connectivity index (χ1n) is 10.5. The molecule has 0 aliphatic rings. The van der Waals surface area contributed by atoms with Crippen molar-refractivity contribution < 1.29 is 4.74 Å². The van der Waals surface area contributed by atoms with E-state index in [0.29, 0.717) is 0 Å². The van der Waals surface area contributed by atoms with Gasteiger partial charge in [-0.25, -0.2) is 0 Å². The van der Waals surface area contributed by atoms with Gasteiger partial charge in [0, 0.05) is 6.61 Å². The molecule has 138 valence electrons. The van der Waals surface area contributed by atoms with E-state index in [0.717, 1.165) is 13.0 Å². The smallest absolute Gasteiger partial charge is 0.0576 e. The van der Waals surface area contributed by atoms with E-state index in [9.17, 15) is 0 Å². The third-order valence-electron chi connectivity index (χ3n) is 4.67. The first-order valence-corrected chi connectivity index (χ1v) is 10.5. The van der Waals surface area contributed by atoms with Gasteiger partial charge in [0.05, 0.1) is 6.10 Å². The molecule has 0 heterocycles. The molecule has 0 aromatic rings. The van der Waals surface area contributed by atoms with Crippen LogP contribution in [0.2, 0.25) is 0 Å². The van der Waals surface area contributed by atoms with Crippen molar-refractivity contribution in [1.82, 2.24) is 0 Å². The maximum Gasteiger partial charge on any atom is 0.0576 e. The van der Waals surface area contributed by atoms with E-state index in [2.05, 4.69) is 20.8 Å². The average Bonchev–Trinajstić information content (AvgIpc) is 2.57. The molecule has 1 nitrogen and oxygen atoms in total. The quantitative estimate of drug-likeness (QED) is 0.221. The molecule has 0 bridgehead atoms. The third-order valence-corrected chi connectivity index (χ3v) is 4.67. The Bertz CT molecular complexity index is 202. The van der Waals surface area contributed by atoms with Gasteiger partial charge in [-0.15, -0.1) is 0 Å². The van der Waals surface area contributed by atoms with Crippen molar-refractivity contribution in [2.75, 3.05) is 6.61 Å². The molecule has 23 heavy (non-hydrogen) atoms. The first kappa shape index (κ1) is 23.0. The highest BCUT2D eigenvalue weighted by molar-refractivity contribution is 4.60. The number of hydrogen-bond donors (Lipinski definition) is 0. The summed E-state index contributed by atoms with van der Waals surface area (Å²) in [6.07, 6.45) is 23.5.